The topological polar surface area (TPSA) is 75.2 Å². The second kappa shape index (κ2) is 8.40. The second-order valence-corrected chi connectivity index (χ2v) is 5.36. The van der Waals surface area contributed by atoms with E-state index in [1.165, 1.54) is 0 Å². The first-order valence-electron chi connectivity index (χ1n) is 7.90. The molecule has 0 aliphatic carbocycles. The van der Waals surface area contributed by atoms with Gasteiger partial charge in [-0.25, -0.2) is 4.98 Å². The first-order chi connectivity index (χ1) is 11.4. The summed E-state index contributed by atoms with van der Waals surface area (Å²) in [6.45, 7) is 6.20. The Morgan fingerprint density at radius 3 is 2.70 bits per heavy atom. The number of hydrogen-bond acceptors (Lipinski definition) is 7. The van der Waals surface area contributed by atoms with Gasteiger partial charge in [-0.1, -0.05) is 0 Å². The first kappa shape index (κ1) is 15.6. The van der Waals surface area contributed by atoms with Gasteiger partial charge in [0.1, 0.15) is 5.82 Å². The second-order valence-electron chi connectivity index (χ2n) is 5.36. The number of hydrogen-bond donors (Lipinski definition) is 2. The van der Waals surface area contributed by atoms with Crippen LogP contribution in [-0.2, 0) is 11.3 Å². The van der Waals surface area contributed by atoms with Crippen LogP contribution >= 0.6 is 0 Å². The predicted molar refractivity (Wildman–Crippen MR) is 89.3 cm³/mol. The molecule has 7 nitrogen and oxygen atoms in total. The zero-order valence-electron chi connectivity index (χ0n) is 13.1. The van der Waals surface area contributed by atoms with Crippen LogP contribution in [0.15, 0.2) is 36.8 Å². The lowest BCUT2D eigenvalue weighted by atomic mass is 10.3. The molecular formula is C16H22N6O. The van der Waals surface area contributed by atoms with E-state index in [1.807, 2.05) is 18.2 Å². The van der Waals surface area contributed by atoms with E-state index in [-0.39, 0.29) is 0 Å². The minimum absolute atomic E-state index is 0.623. The highest BCUT2D eigenvalue weighted by atomic mass is 16.5. The molecule has 0 bridgehead atoms. The van der Waals surface area contributed by atoms with Gasteiger partial charge in [0.05, 0.1) is 13.2 Å². The number of ether oxygens (including phenoxy) is 1. The van der Waals surface area contributed by atoms with Crippen molar-refractivity contribution in [3.8, 4) is 0 Å². The number of aromatic nitrogens is 3. The van der Waals surface area contributed by atoms with Crippen LogP contribution in [0.25, 0.3) is 0 Å². The summed E-state index contributed by atoms with van der Waals surface area (Å²) in [5, 5.41) is 6.57. The molecule has 1 aliphatic heterocycles. The molecule has 122 valence electrons. The van der Waals surface area contributed by atoms with Gasteiger partial charge in [-0.2, -0.15) is 4.98 Å². The van der Waals surface area contributed by atoms with Crippen LogP contribution in [0.4, 0.5) is 11.8 Å². The van der Waals surface area contributed by atoms with Crippen molar-refractivity contribution in [1.82, 2.24) is 19.9 Å². The van der Waals surface area contributed by atoms with Gasteiger partial charge >= 0.3 is 0 Å². The average Bonchev–Trinajstić information content (AvgIpc) is 2.62. The summed E-state index contributed by atoms with van der Waals surface area (Å²) in [4.78, 5) is 15.1. The molecule has 0 amide bonds. The molecule has 23 heavy (non-hydrogen) atoms. The normalized spacial score (nSPS) is 15.3. The lowest BCUT2D eigenvalue weighted by molar-refractivity contribution is 0.0398. The Balaban J connectivity index is 1.45. The number of pyridine rings is 1. The highest BCUT2D eigenvalue weighted by Crippen LogP contribution is 2.07. The van der Waals surface area contributed by atoms with E-state index in [1.54, 1.807) is 18.6 Å². The molecule has 0 aromatic carbocycles. The molecule has 1 saturated heterocycles. The largest absolute Gasteiger partial charge is 0.379 e. The van der Waals surface area contributed by atoms with Crippen LogP contribution < -0.4 is 10.6 Å². The Hall–Kier alpha value is -2.25. The lowest BCUT2D eigenvalue weighted by Crippen LogP contribution is -2.39. The number of rotatable bonds is 7. The van der Waals surface area contributed by atoms with Crippen molar-refractivity contribution in [1.29, 1.82) is 0 Å². The van der Waals surface area contributed by atoms with Gasteiger partial charge < -0.3 is 15.4 Å². The van der Waals surface area contributed by atoms with E-state index >= 15 is 0 Å². The molecule has 1 fully saturated rings. The summed E-state index contributed by atoms with van der Waals surface area (Å²) >= 11 is 0. The molecular weight excluding hydrogens is 292 g/mol. The molecule has 1 aliphatic rings. The van der Waals surface area contributed by atoms with E-state index < -0.39 is 0 Å². The van der Waals surface area contributed by atoms with Gasteiger partial charge in [-0.3, -0.25) is 9.88 Å². The molecule has 2 N–H and O–H groups in total. The van der Waals surface area contributed by atoms with Gasteiger partial charge in [0.25, 0.3) is 0 Å². The zero-order valence-corrected chi connectivity index (χ0v) is 13.1. The summed E-state index contributed by atoms with van der Waals surface area (Å²) in [5.41, 5.74) is 1.15. The summed E-state index contributed by atoms with van der Waals surface area (Å²) in [6, 6.07) is 5.83. The maximum atomic E-state index is 5.35. The maximum absolute atomic E-state index is 5.35. The van der Waals surface area contributed by atoms with Crippen molar-refractivity contribution in [2.75, 3.05) is 50.0 Å². The predicted octanol–water partition coefficient (Wildman–Crippen LogP) is 1.23. The van der Waals surface area contributed by atoms with Crippen molar-refractivity contribution in [2.45, 2.75) is 6.54 Å². The summed E-state index contributed by atoms with van der Waals surface area (Å²) in [6.07, 6.45) is 5.32. The first-order valence-corrected chi connectivity index (χ1v) is 7.90. The highest BCUT2D eigenvalue weighted by molar-refractivity contribution is 5.39. The highest BCUT2D eigenvalue weighted by Gasteiger charge is 2.09. The molecule has 0 unspecified atom stereocenters. The van der Waals surface area contributed by atoms with Crippen LogP contribution in [0.5, 0.6) is 0 Å². The maximum Gasteiger partial charge on any atom is 0.224 e. The Labute approximate surface area is 136 Å². The minimum Gasteiger partial charge on any atom is -0.379 e. The minimum atomic E-state index is 0.623. The standard InChI is InChI=1S/C16H22N6O/c1-4-17-5-2-14(1)13-20-16-19-6-3-15(21-16)18-7-8-22-9-11-23-12-10-22/h1-6H,7-13H2,(H2,18,19,20,21). The van der Waals surface area contributed by atoms with Crippen LogP contribution in [0.1, 0.15) is 5.56 Å². The number of anilines is 2. The Kier molecular flexibility index (Phi) is 5.71. The van der Waals surface area contributed by atoms with Gasteiger partial charge in [-0.05, 0) is 23.8 Å². The fourth-order valence-corrected chi connectivity index (χ4v) is 2.39. The third-order valence-corrected chi connectivity index (χ3v) is 3.69. The van der Waals surface area contributed by atoms with E-state index in [9.17, 15) is 0 Å². The van der Waals surface area contributed by atoms with Crippen LogP contribution in [-0.4, -0.2) is 59.2 Å². The molecule has 3 rings (SSSR count). The van der Waals surface area contributed by atoms with Crippen molar-refractivity contribution in [2.24, 2.45) is 0 Å². The summed E-state index contributed by atoms with van der Waals surface area (Å²) in [5.74, 6) is 1.46. The van der Waals surface area contributed by atoms with Gasteiger partial charge in [0.15, 0.2) is 0 Å². The molecule has 2 aromatic heterocycles. The fourth-order valence-electron chi connectivity index (χ4n) is 2.39. The Bertz CT molecular complexity index is 588. The van der Waals surface area contributed by atoms with Crippen LogP contribution in [0.2, 0.25) is 0 Å². The molecule has 7 heteroatoms. The van der Waals surface area contributed by atoms with Gasteiger partial charge in [0, 0.05) is 51.3 Å². The third-order valence-electron chi connectivity index (χ3n) is 3.69. The van der Waals surface area contributed by atoms with E-state index in [4.69, 9.17) is 4.74 Å². The summed E-state index contributed by atoms with van der Waals surface area (Å²) in [7, 11) is 0. The Morgan fingerprint density at radius 1 is 1.04 bits per heavy atom. The van der Waals surface area contributed by atoms with Crippen molar-refractivity contribution >= 4 is 11.8 Å². The SMILES string of the molecule is c1cc(CNc2nccc(NCCN3CCOCC3)n2)ccn1. The molecule has 0 saturated carbocycles. The Morgan fingerprint density at radius 2 is 1.87 bits per heavy atom. The zero-order chi connectivity index (χ0) is 15.7. The van der Waals surface area contributed by atoms with Crippen LogP contribution in [0, 0.1) is 0 Å². The number of nitrogens with one attached hydrogen (secondary N) is 2. The van der Waals surface area contributed by atoms with Gasteiger partial charge in [-0.15, -0.1) is 0 Å². The quantitative estimate of drug-likeness (QED) is 0.796. The summed E-state index contributed by atoms with van der Waals surface area (Å²) < 4.78 is 5.35. The van der Waals surface area contributed by atoms with Crippen molar-refractivity contribution < 1.29 is 4.74 Å². The van der Waals surface area contributed by atoms with Gasteiger partial charge in [0.2, 0.25) is 5.95 Å². The van der Waals surface area contributed by atoms with Crippen molar-refractivity contribution in [3.63, 3.8) is 0 Å². The van der Waals surface area contributed by atoms with E-state index in [0.29, 0.717) is 12.5 Å². The monoisotopic (exact) mass is 314 g/mol. The number of nitrogens with zero attached hydrogens (tertiary/aromatic N) is 4. The van der Waals surface area contributed by atoms with Crippen molar-refractivity contribution in [3.05, 3.63) is 42.4 Å². The fraction of sp³-hybridized carbons (Fsp3) is 0.438. The molecule has 0 atom stereocenters. The number of morpholine rings is 1. The van der Waals surface area contributed by atoms with E-state index in [0.717, 1.165) is 50.8 Å². The smallest absolute Gasteiger partial charge is 0.224 e. The molecule has 3 heterocycles. The molecule has 0 spiro atoms. The van der Waals surface area contributed by atoms with Crippen LogP contribution in [0.3, 0.4) is 0 Å². The molecule has 0 radical (unpaired) electrons. The van der Waals surface area contributed by atoms with E-state index in [2.05, 4.69) is 30.5 Å². The third kappa shape index (κ3) is 5.15. The average molecular weight is 314 g/mol. The molecule has 2 aromatic rings. The lowest BCUT2D eigenvalue weighted by Gasteiger charge is -2.26.